The molecule has 0 spiro atoms. The number of hydrogen-bond acceptors (Lipinski definition) is 10. The Kier molecular flexibility index (Phi) is 9.59. The van der Waals surface area contributed by atoms with Crippen LogP contribution in [0.3, 0.4) is 0 Å². The van der Waals surface area contributed by atoms with Gasteiger partial charge in [0.15, 0.2) is 0 Å². The Labute approximate surface area is 285 Å². The summed E-state index contributed by atoms with van der Waals surface area (Å²) >= 11 is 0. The van der Waals surface area contributed by atoms with Crippen molar-refractivity contribution in [3.05, 3.63) is 23.8 Å². The lowest BCUT2D eigenvalue weighted by Crippen LogP contribution is -2.62. The number of piperidine rings is 3. The Balaban J connectivity index is 1.16. The molecule has 49 heavy (non-hydrogen) atoms. The summed E-state index contributed by atoms with van der Waals surface area (Å²) in [5, 5.41) is 18.4. The van der Waals surface area contributed by atoms with Gasteiger partial charge in [-0.25, -0.2) is 23.6 Å². The van der Waals surface area contributed by atoms with Crippen LogP contribution in [-0.4, -0.2) is 114 Å². The Morgan fingerprint density at radius 1 is 1.12 bits per heavy atom. The average molecular weight is 711 g/mol. The molecule has 0 radical (unpaired) electrons. The number of nitriles is 1. The third kappa shape index (κ3) is 7.34. The molecular formula is C32H45F3N8O5S. The number of benzene rings is 1. The van der Waals surface area contributed by atoms with Crippen LogP contribution in [0.4, 0.5) is 23.7 Å². The van der Waals surface area contributed by atoms with Gasteiger partial charge in [-0.2, -0.15) is 22.7 Å². The van der Waals surface area contributed by atoms with E-state index in [1.807, 2.05) is 20.8 Å². The SMILES string of the molecule is CC(C)(C)OC(=O)N1CCC(CC#N)(N2NC(Nc3ccc4c(c3)CN(C3CCN(CC(F)(F)F)CC3)S4(=O)=O)C3C(=O)NCCC32)CC1. The molecule has 6 rings (SSSR count). The lowest BCUT2D eigenvalue weighted by molar-refractivity contribution is -0.148. The minimum atomic E-state index is -4.30. The number of alkyl halides is 3. The van der Waals surface area contributed by atoms with E-state index in [-0.39, 0.29) is 42.9 Å². The monoisotopic (exact) mass is 710 g/mol. The molecule has 17 heteroatoms. The van der Waals surface area contributed by atoms with Crippen molar-refractivity contribution in [2.24, 2.45) is 5.92 Å². The zero-order valence-electron chi connectivity index (χ0n) is 28.1. The fourth-order valence-corrected chi connectivity index (χ4v) is 9.90. The van der Waals surface area contributed by atoms with Crippen molar-refractivity contribution >= 4 is 27.7 Å². The highest BCUT2D eigenvalue weighted by molar-refractivity contribution is 7.89. The van der Waals surface area contributed by atoms with Gasteiger partial charge in [-0.05, 0) is 76.6 Å². The van der Waals surface area contributed by atoms with Gasteiger partial charge in [0, 0.05) is 57.0 Å². The standard InChI is InChI=1S/C32H45F3N8O5S/c1-30(2,3)48-29(45)41-16-10-31(9-12-36,11-17-41)43-24-6-13-37-28(44)26(24)27(39-43)38-22-4-5-25-21(18-22)19-42(49(25,46)47)23-7-14-40(15-8-23)20-32(33,34)35/h4-5,18,23-24,26-27,38-39H,6-11,13-17,19-20H2,1-3H3,(H,37,44). The molecule has 1 aromatic rings. The number of halogens is 3. The number of hydrogen-bond donors (Lipinski definition) is 3. The molecule has 5 aliphatic rings. The van der Waals surface area contributed by atoms with Crippen molar-refractivity contribution in [1.82, 2.24) is 29.9 Å². The molecular weight excluding hydrogens is 665 g/mol. The van der Waals surface area contributed by atoms with Crippen LogP contribution in [-0.2, 0) is 26.1 Å². The minimum Gasteiger partial charge on any atom is -0.444 e. The summed E-state index contributed by atoms with van der Waals surface area (Å²) in [6, 6.07) is 6.69. The lowest BCUT2D eigenvalue weighted by Gasteiger charge is -2.48. The van der Waals surface area contributed by atoms with Crippen LogP contribution in [0, 0.1) is 17.2 Å². The van der Waals surface area contributed by atoms with Gasteiger partial charge in [-0.1, -0.05) is 0 Å². The third-order valence-corrected chi connectivity index (χ3v) is 12.4. The largest absolute Gasteiger partial charge is 0.444 e. The number of sulfonamides is 1. The Morgan fingerprint density at radius 2 is 1.82 bits per heavy atom. The van der Waals surface area contributed by atoms with Crippen LogP contribution in [0.5, 0.6) is 0 Å². The minimum absolute atomic E-state index is 0.118. The summed E-state index contributed by atoms with van der Waals surface area (Å²) in [5.74, 6) is -0.641. The van der Waals surface area contributed by atoms with E-state index in [9.17, 15) is 36.4 Å². The van der Waals surface area contributed by atoms with Crippen LogP contribution < -0.4 is 16.1 Å². The molecule has 5 aliphatic heterocycles. The predicted molar refractivity (Wildman–Crippen MR) is 172 cm³/mol. The topological polar surface area (TPSA) is 150 Å². The first-order chi connectivity index (χ1) is 23.0. The zero-order valence-corrected chi connectivity index (χ0v) is 28.9. The number of amides is 2. The highest BCUT2D eigenvalue weighted by Gasteiger charge is 2.55. The maximum atomic E-state index is 13.5. The van der Waals surface area contributed by atoms with Gasteiger partial charge in [-0.3, -0.25) is 9.69 Å². The van der Waals surface area contributed by atoms with E-state index in [1.165, 1.54) is 9.21 Å². The molecule has 3 atom stereocenters. The first-order valence-corrected chi connectivity index (χ1v) is 18.3. The summed E-state index contributed by atoms with van der Waals surface area (Å²) < 4.78 is 72.6. The normalized spacial score (nSPS) is 28.0. The van der Waals surface area contributed by atoms with E-state index < -0.39 is 58.1 Å². The first-order valence-electron chi connectivity index (χ1n) is 16.9. The van der Waals surface area contributed by atoms with Crippen molar-refractivity contribution in [3.8, 4) is 6.07 Å². The molecule has 3 unspecified atom stereocenters. The van der Waals surface area contributed by atoms with Crippen molar-refractivity contribution in [2.45, 2.75) is 106 Å². The number of rotatable bonds is 6. The highest BCUT2D eigenvalue weighted by atomic mass is 32.2. The third-order valence-electron chi connectivity index (χ3n) is 10.4. The van der Waals surface area contributed by atoms with Crippen LogP contribution in [0.1, 0.15) is 64.9 Å². The van der Waals surface area contributed by atoms with Crippen molar-refractivity contribution in [2.75, 3.05) is 44.6 Å². The lowest BCUT2D eigenvalue weighted by atomic mass is 9.81. The quantitative estimate of drug-likeness (QED) is 0.402. The van der Waals surface area contributed by atoms with E-state index >= 15 is 0 Å². The Bertz CT molecular complexity index is 1580. The molecule has 0 saturated carbocycles. The molecule has 1 aromatic carbocycles. The number of anilines is 1. The molecule has 4 saturated heterocycles. The number of hydrazine groups is 1. The van der Waals surface area contributed by atoms with Crippen LogP contribution in [0.2, 0.25) is 0 Å². The van der Waals surface area contributed by atoms with Crippen LogP contribution >= 0.6 is 0 Å². The second-order valence-electron chi connectivity index (χ2n) is 14.8. The van der Waals surface area contributed by atoms with Gasteiger partial charge in [0.05, 0.1) is 35.4 Å². The number of nitrogens with zero attached hydrogens (tertiary/aromatic N) is 5. The van der Waals surface area contributed by atoms with E-state index in [0.717, 1.165) is 0 Å². The second-order valence-corrected chi connectivity index (χ2v) is 16.7. The Hall–Kier alpha value is -3.17. The summed E-state index contributed by atoms with van der Waals surface area (Å²) in [5.41, 5.74) is 3.45. The van der Waals surface area contributed by atoms with Gasteiger partial charge in [0.1, 0.15) is 11.8 Å². The van der Waals surface area contributed by atoms with Crippen molar-refractivity contribution in [3.63, 3.8) is 0 Å². The smallest absolute Gasteiger partial charge is 0.410 e. The molecule has 3 N–H and O–H groups in total. The van der Waals surface area contributed by atoms with Gasteiger partial charge in [0.2, 0.25) is 15.9 Å². The summed E-state index contributed by atoms with van der Waals surface area (Å²) in [6.07, 6.45) is -2.77. The van der Waals surface area contributed by atoms with Gasteiger partial charge >= 0.3 is 12.3 Å². The molecule has 4 fully saturated rings. The van der Waals surface area contributed by atoms with E-state index in [1.54, 1.807) is 23.1 Å². The molecule has 2 amide bonds. The number of carbonyl (C=O) groups is 2. The maximum absolute atomic E-state index is 13.5. The summed E-state index contributed by atoms with van der Waals surface area (Å²) in [6.45, 7) is 6.17. The molecule has 0 bridgehead atoms. The zero-order chi connectivity index (χ0) is 35.4. The molecule has 0 aliphatic carbocycles. The molecule has 270 valence electrons. The summed E-state index contributed by atoms with van der Waals surface area (Å²) in [7, 11) is -3.82. The van der Waals surface area contributed by atoms with Crippen LogP contribution in [0.15, 0.2) is 23.1 Å². The summed E-state index contributed by atoms with van der Waals surface area (Å²) in [4.78, 5) is 29.3. The molecule has 5 heterocycles. The van der Waals surface area contributed by atoms with E-state index in [2.05, 4.69) is 27.1 Å². The Morgan fingerprint density at radius 3 is 2.45 bits per heavy atom. The van der Waals surface area contributed by atoms with Crippen molar-refractivity contribution < 1.29 is 35.9 Å². The maximum Gasteiger partial charge on any atom is 0.410 e. The van der Waals surface area contributed by atoms with Gasteiger partial charge in [0.25, 0.3) is 0 Å². The van der Waals surface area contributed by atoms with E-state index in [4.69, 9.17) is 4.74 Å². The van der Waals surface area contributed by atoms with Crippen LogP contribution in [0.25, 0.3) is 0 Å². The predicted octanol–water partition coefficient (Wildman–Crippen LogP) is 2.96. The molecule has 13 nitrogen and oxygen atoms in total. The number of fused-ring (bicyclic) bond motifs is 2. The molecule has 0 aromatic heterocycles. The fraction of sp³-hybridized carbons (Fsp3) is 0.719. The van der Waals surface area contributed by atoms with Gasteiger partial charge < -0.3 is 20.3 Å². The fourth-order valence-electron chi connectivity index (χ4n) is 8.04. The first kappa shape index (κ1) is 35.6. The number of carbonyl (C=O) groups excluding carboxylic acids is 2. The average Bonchev–Trinajstić information content (AvgIpc) is 3.51. The number of ether oxygens (including phenoxy) is 1. The number of likely N-dealkylation sites (tertiary alicyclic amines) is 2. The highest BCUT2D eigenvalue weighted by Crippen LogP contribution is 2.41. The van der Waals surface area contributed by atoms with Crippen molar-refractivity contribution in [1.29, 1.82) is 5.26 Å². The van der Waals surface area contributed by atoms with Gasteiger partial charge in [-0.15, -0.1) is 0 Å². The van der Waals surface area contributed by atoms with E-state index in [0.29, 0.717) is 63.0 Å². The number of nitrogens with one attached hydrogen (secondary N) is 3. The second kappa shape index (κ2) is 13.2.